The van der Waals surface area contributed by atoms with Crippen molar-refractivity contribution in [2.24, 2.45) is 0 Å². The van der Waals surface area contributed by atoms with E-state index in [9.17, 15) is 5.11 Å². The number of benzene rings is 1. The highest BCUT2D eigenvalue weighted by Gasteiger charge is 2.21. The molecule has 1 saturated heterocycles. The molecule has 0 amide bonds. The van der Waals surface area contributed by atoms with Crippen molar-refractivity contribution < 1.29 is 14.6 Å². The zero-order chi connectivity index (χ0) is 22.2. The molecule has 0 aliphatic carbocycles. The fourth-order valence-corrected chi connectivity index (χ4v) is 3.49. The van der Waals surface area contributed by atoms with Crippen LogP contribution in [0.25, 0.3) is 11.4 Å². The second-order valence-corrected chi connectivity index (χ2v) is 7.70. The van der Waals surface area contributed by atoms with E-state index in [0.29, 0.717) is 24.2 Å². The van der Waals surface area contributed by atoms with Crippen molar-refractivity contribution in [3.63, 3.8) is 0 Å². The number of aliphatic hydroxyl groups is 1. The number of likely N-dealkylation sites (N-methyl/N-ethyl adjacent to an activating group) is 1. The van der Waals surface area contributed by atoms with E-state index in [4.69, 9.17) is 19.4 Å². The number of rotatable bonds is 10. The van der Waals surface area contributed by atoms with Crippen LogP contribution in [0.5, 0.6) is 5.75 Å². The fraction of sp³-hybridized carbons (Fsp3) is 0.545. The standard InChI is InChI=1S/C22H34N6O3/c1-23-14-18(29)15-31-19-7-5-6-16(12-19)22-25-20(13-21(26-22)28(4)24-2)27(3)17-8-10-30-11-9-17/h5-7,12-13,17-18,23-24,29H,8-11,14-15H2,1-4H3. The summed E-state index contributed by atoms with van der Waals surface area (Å²) in [7, 11) is 7.65. The first-order chi connectivity index (χ1) is 15.0. The molecule has 1 aliphatic rings. The van der Waals surface area contributed by atoms with Gasteiger partial charge < -0.3 is 24.8 Å². The number of ether oxygens (including phenoxy) is 2. The normalized spacial score (nSPS) is 15.5. The van der Waals surface area contributed by atoms with Gasteiger partial charge in [-0.3, -0.25) is 5.01 Å². The minimum Gasteiger partial charge on any atom is -0.491 e. The van der Waals surface area contributed by atoms with Crippen LogP contribution >= 0.6 is 0 Å². The number of hydrogen-bond acceptors (Lipinski definition) is 9. The molecule has 170 valence electrons. The minimum atomic E-state index is -0.572. The molecule has 3 rings (SSSR count). The van der Waals surface area contributed by atoms with Crippen molar-refractivity contribution in [1.29, 1.82) is 0 Å². The summed E-state index contributed by atoms with van der Waals surface area (Å²) in [5.41, 5.74) is 3.96. The summed E-state index contributed by atoms with van der Waals surface area (Å²) in [6.45, 7) is 2.23. The van der Waals surface area contributed by atoms with E-state index in [-0.39, 0.29) is 6.61 Å². The largest absolute Gasteiger partial charge is 0.491 e. The third kappa shape index (κ3) is 6.27. The average molecular weight is 431 g/mol. The van der Waals surface area contributed by atoms with Crippen LogP contribution in [-0.2, 0) is 4.74 Å². The van der Waals surface area contributed by atoms with Crippen LogP contribution in [0.2, 0.25) is 0 Å². The zero-order valence-corrected chi connectivity index (χ0v) is 18.8. The van der Waals surface area contributed by atoms with E-state index in [2.05, 4.69) is 22.7 Å². The van der Waals surface area contributed by atoms with Gasteiger partial charge in [0.05, 0.1) is 0 Å². The Hall–Kier alpha value is -2.46. The molecule has 31 heavy (non-hydrogen) atoms. The van der Waals surface area contributed by atoms with E-state index < -0.39 is 6.10 Å². The molecule has 2 aromatic rings. The summed E-state index contributed by atoms with van der Waals surface area (Å²) in [5, 5.41) is 14.7. The van der Waals surface area contributed by atoms with Crippen molar-refractivity contribution in [2.75, 3.05) is 64.5 Å². The van der Waals surface area contributed by atoms with Gasteiger partial charge in [0.25, 0.3) is 0 Å². The van der Waals surface area contributed by atoms with Gasteiger partial charge >= 0.3 is 0 Å². The average Bonchev–Trinajstić information content (AvgIpc) is 2.82. The molecule has 2 heterocycles. The number of aliphatic hydroxyl groups excluding tert-OH is 1. The predicted molar refractivity (Wildman–Crippen MR) is 123 cm³/mol. The van der Waals surface area contributed by atoms with E-state index in [1.165, 1.54) is 0 Å². The summed E-state index contributed by atoms with van der Waals surface area (Å²) in [5.74, 6) is 2.93. The highest BCUT2D eigenvalue weighted by Crippen LogP contribution is 2.28. The molecule has 1 aromatic heterocycles. The Morgan fingerprint density at radius 1 is 1.16 bits per heavy atom. The molecular weight excluding hydrogens is 396 g/mol. The molecule has 9 heteroatoms. The summed E-state index contributed by atoms with van der Waals surface area (Å²) in [4.78, 5) is 11.8. The first-order valence-electron chi connectivity index (χ1n) is 10.7. The number of nitrogens with zero attached hydrogens (tertiary/aromatic N) is 4. The van der Waals surface area contributed by atoms with Gasteiger partial charge in [-0.25, -0.2) is 15.4 Å². The third-order valence-corrected chi connectivity index (χ3v) is 5.45. The van der Waals surface area contributed by atoms with E-state index in [1.54, 1.807) is 7.05 Å². The van der Waals surface area contributed by atoms with Crippen molar-refractivity contribution in [1.82, 2.24) is 20.7 Å². The summed E-state index contributed by atoms with van der Waals surface area (Å²) in [6, 6.07) is 10.0. The highest BCUT2D eigenvalue weighted by molar-refractivity contribution is 5.63. The molecule has 0 spiro atoms. The molecule has 0 saturated carbocycles. The molecule has 1 atom stereocenters. The van der Waals surface area contributed by atoms with Crippen molar-refractivity contribution in [3.8, 4) is 17.1 Å². The van der Waals surface area contributed by atoms with Gasteiger partial charge in [-0.15, -0.1) is 0 Å². The van der Waals surface area contributed by atoms with Crippen molar-refractivity contribution in [3.05, 3.63) is 30.3 Å². The Bertz CT molecular complexity index is 831. The maximum atomic E-state index is 9.90. The molecule has 0 bridgehead atoms. The quantitative estimate of drug-likeness (QED) is 0.482. The Labute approximate surface area is 184 Å². The lowest BCUT2D eigenvalue weighted by Crippen LogP contribution is -2.37. The zero-order valence-electron chi connectivity index (χ0n) is 18.8. The van der Waals surface area contributed by atoms with Gasteiger partial charge in [0.1, 0.15) is 30.1 Å². The van der Waals surface area contributed by atoms with Gasteiger partial charge in [-0.2, -0.15) is 0 Å². The molecule has 3 N–H and O–H groups in total. The fourth-order valence-electron chi connectivity index (χ4n) is 3.49. The number of nitrogens with one attached hydrogen (secondary N) is 2. The number of anilines is 2. The molecule has 1 aliphatic heterocycles. The van der Waals surface area contributed by atoms with Gasteiger partial charge in [-0.1, -0.05) is 12.1 Å². The summed E-state index contributed by atoms with van der Waals surface area (Å²) >= 11 is 0. The smallest absolute Gasteiger partial charge is 0.164 e. The molecule has 1 aromatic carbocycles. The first kappa shape index (κ1) is 23.2. The number of hydrazine groups is 1. The Balaban J connectivity index is 1.88. The van der Waals surface area contributed by atoms with Crippen LogP contribution < -0.4 is 25.4 Å². The maximum absolute atomic E-state index is 9.90. The Kier molecular flexibility index (Phi) is 8.42. The van der Waals surface area contributed by atoms with E-state index in [0.717, 1.165) is 43.3 Å². The lowest BCUT2D eigenvalue weighted by Gasteiger charge is -2.32. The SMILES string of the molecule is CNCC(O)COc1cccc(-c2nc(N(C)NC)cc(N(C)C3CCOCC3)n2)c1. The maximum Gasteiger partial charge on any atom is 0.164 e. The van der Waals surface area contributed by atoms with Gasteiger partial charge in [-0.05, 0) is 32.0 Å². The molecule has 9 nitrogen and oxygen atoms in total. The summed E-state index contributed by atoms with van der Waals surface area (Å²) in [6.07, 6.45) is 1.38. The van der Waals surface area contributed by atoms with Gasteiger partial charge in [0, 0.05) is 58.6 Å². The van der Waals surface area contributed by atoms with Crippen LogP contribution in [0.4, 0.5) is 11.6 Å². The summed E-state index contributed by atoms with van der Waals surface area (Å²) < 4.78 is 11.3. The highest BCUT2D eigenvalue weighted by atomic mass is 16.5. The van der Waals surface area contributed by atoms with E-state index in [1.807, 2.05) is 49.4 Å². The lowest BCUT2D eigenvalue weighted by atomic mass is 10.1. The number of hydrogen-bond donors (Lipinski definition) is 3. The van der Waals surface area contributed by atoms with Crippen LogP contribution in [0.15, 0.2) is 30.3 Å². The topological polar surface area (TPSA) is 95.0 Å². The van der Waals surface area contributed by atoms with Crippen molar-refractivity contribution >= 4 is 11.6 Å². The molecular formula is C22H34N6O3. The van der Waals surface area contributed by atoms with Crippen LogP contribution in [0.1, 0.15) is 12.8 Å². The number of aromatic nitrogens is 2. The van der Waals surface area contributed by atoms with Gasteiger partial charge in [0.15, 0.2) is 5.82 Å². The Morgan fingerprint density at radius 3 is 2.61 bits per heavy atom. The molecule has 1 unspecified atom stereocenters. The van der Waals surface area contributed by atoms with Gasteiger partial charge in [0.2, 0.25) is 0 Å². The molecule has 0 radical (unpaired) electrons. The third-order valence-electron chi connectivity index (χ3n) is 5.45. The minimum absolute atomic E-state index is 0.214. The lowest BCUT2D eigenvalue weighted by molar-refractivity contribution is 0.0853. The Morgan fingerprint density at radius 2 is 1.90 bits per heavy atom. The van der Waals surface area contributed by atoms with E-state index >= 15 is 0 Å². The first-order valence-corrected chi connectivity index (χ1v) is 10.7. The molecule has 1 fully saturated rings. The second kappa shape index (κ2) is 11.2. The predicted octanol–water partition coefficient (Wildman–Crippen LogP) is 1.29. The second-order valence-electron chi connectivity index (χ2n) is 7.70. The van der Waals surface area contributed by atoms with Crippen LogP contribution in [0.3, 0.4) is 0 Å². The monoisotopic (exact) mass is 430 g/mol. The van der Waals surface area contributed by atoms with Crippen molar-refractivity contribution in [2.45, 2.75) is 25.0 Å². The van der Waals surface area contributed by atoms with Crippen LogP contribution in [0, 0.1) is 0 Å². The van der Waals surface area contributed by atoms with Crippen LogP contribution in [-0.4, -0.2) is 81.8 Å².